The number of aryl methyl sites for hydroxylation is 2. The molecule has 114 valence electrons. The van der Waals surface area contributed by atoms with E-state index in [9.17, 15) is 0 Å². The van der Waals surface area contributed by atoms with E-state index in [1.165, 1.54) is 0 Å². The minimum atomic E-state index is 0.763. The van der Waals surface area contributed by atoms with Crippen LogP contribution in [0.2, 0.25) is 0 Å². The highest BCUT2D eigenvalue weighted by Gasteiger charge is 2.10. The molecule has 0 aromatic carbocycles. The van der Waals surface area contributed by atoms with Gasteiger partial charge in [0.25, 0.3) is 0 Å². The Labute approximate surface area is 125 Å². The molecule has 0 amide bonds. The van der Waals surface area contributed by atoms with Crippen molar-refractivity contribution in [2.24, 2.45) is 7.05 Å². The second-order valence-electron chi connectivity index (χ2n) is 4.88. The van der Waals surface area contributed by atoms with Crippen LogP contribution in [0.5, 0.6) is 0 Å². The summed E-state index contributed by atoms with van der Waals surface area (Å²) in [5, 5.41) is 14.6. The molecule has 0 aliphatic heterocycles. The highest BCUT2D eigenvalue weighted by molar-refractivity contribution is 5.57. The number of nitrogens with zero attached hydrogens (tertiary/aromatic N) is 5. The summed E-state index contributed by atoms with van der Waals surface area (Å²) in [6, 6.07) is 0. The van der Waals surface area contributed by atoms with Crippen LogP contribution < -0.4 is 10.6 Å². The Kier molecular flexibility index (Phi) is 5.08. The van der Waals surface area contributed by atoms with Gasteiger partial charge in [0, 0.05) is 38.5 Å². The topological polar surface area (TPSA) is 80.6 Å². The summed E-state index contributed by atoms with van der Waals surface area (Å²) in [6.07, 6.45) is 3.33. The monoisotopic (exact) mass is 289 g/mol. The number of nitrogens with one attached hydrogen (secondary N) is 2. The predicted molar refractivity (Wildman–Crippen MR) is 83.5 cm³/mol. The Morgan fingerprint density at radius 3 is 2.43 bits per heavy atom. The summed E-state index contributed by atoms with van der Waals surface area (Å²) in [7, 11) is 1.95. The third kappa shape index (κ3) is 3.68. The van der Waals surface area contributed by atoms with Crippen molar-refractivity contribution >= 4 is 11.6 Å². The average molecular weight is 289 g/mol. The lowest BCUT2D eigenvalue weighted by molar-refractivity contribution is 0.785. The van der Waals surface area contributed by atoms with E-state index in [0.29, 0.717) is 0 Å². The lowest BCUT2D eigenvalue weighted by atomic mass is 10.2. The molecule has 21 heavy (non-hydrogen) atoms. The maximum atomic E-state index is 4.57. The zero-order chi connectivity index (χ0) is 15.2. The molecule has 2 rings (SSSR count). The van der Waals surface area contributed by atoms with Crippen LogP contribution in [0.1, 0.15) is 31.1 Å². The van der Waals surface area contributed by atoms with E-state index < -0.39 is 0 Å². The first-order valence-electron chi connectivity index (χ1n) is 7.33. The van der Waals surface area contributed by atoms with Gasteiger partial charge in [-0.2, -0.15) is 0 Å². The number of aromatic nitrogens is 5. The zero-order valence-electron chi connectivity index (χ0n) is 13.1. The van der Waals surface area contributed by atoms with Crippen molar-refractivity contribution in [1.29, 1.82) is 0 Å². The molecule has 2 heterocycles. The van der Waals surface area contributed by atoms with Crippen LogP contribution in [0.4, 0.5) is 11.6 Å². The predicted octanol–water partition coefficient (Wildman–Crippen LogP) is 1.56. The molecular weight excluding hydrogens is 266 g/mol. The fourth-order valence-electron chi connectivity index (χ4n) is 2.06. The molecule has 0 fully saturated rings. The van der Waals surface area contributed by atoms with Crippen molar-refractivity contribution < 1.29 is 0 Å². The van der Waals surface area contributed by atoms with Gasteiger partial charge < -0.3 is 15.2 Å². The second-order valence-corrected chi connectivity index (χ2v) is 4.88. The Morgan fingerprint density at radius 1 is 1.14 bits per heavy atom. The number of anilines is 2. The lowest BCUT2D eigenvalue weighted by Crippen LogP contribution is -2.14. The van der Waals surface area contributed by atoms with Gasteiger partial charge in [-0.1, -0.05) is 6.92 Å². The van der Waals surface area contributed by atoms with E-state index in [1.807, 2.05) is 18.5 Å². The molecule has 0 atom stereocenters. The summed E-state index contributed by atoms with van der Waals surface area (Å²) < 4.78 is 1.93. The minimum Gasteiger partial charge on any atom is -0.370 e. The first-order chi connectivity index (χ1) is 10.2. The maximum absolute atomic E-state index is 4.57. The van der Waals surface area contributed by atoms with Gasteiger partial charge in [0.2, 0.25) is 0 Å². The van der Waals surface area contributed by atoms with E-state index in [1.54, 1.807) is 6.33 Å². The van der Waals surface area contributed by atoms with Crippen LogP contribution in [-0.2, 0) is 19.9 Å². The van der Waals surface area contributed by atoms with Crippen LogP contribution in [0.15, 0.2) is 6.33 Å². The van der Waals surface area contributed by atoms with Crippen molar-refractivity contribution in [3.8, 4) is 0 Å². The molecule has 2 aromatic rings. The normalized spacial score (nSPS) is 10.7. The fraction of sp³-hybridized carbons (Fsp3) is 0.571. The lowest BCUT2D eigenvalue weighted by Gasteiger charge is -2.14. The Bertz CT molecular complexity index is 591. The second kappa shape index (κ2) is 7.01. The number of rotatable bonds is 7. The van der Waals surface area contributed by atoms with Crippen molar-refractivity contribution in [3.63, 3.8) is 0 Å². The van der Waals surface area contributed by atoms with E-state index in [2.05, 4.69) is 44.6 Å². The molecular formula is C14H23N7. The first kappa shape index (κ1) is 15.2. The van der Waals surface area contributed by atoms with E-state index >= 15 is 0 Å². The van der Waals surface area contributed by atoms with E-state index in [0.717, 1.165) is 54.8 Å². The number of hydrogen-bond donors (Lipinski definition) is 2. The molecule has 7 heteroatoms. The van der Waals surface area contributed by atoms with Gasteiger partial charge in [0.1, 0.15) is 29.6 Å². The van der Waals surface area contributed by atoms with Crippen LogP contribution in [0.25, 0.3) is 0 Å². The molecule has 0 bridgehead atoms. The Hall–Kier alpha value is -2.18. The Morgan fingerprint density at radius 2 is 1.86 bits per heavy atom. The average Bonchev–Trinajstić information content (AvgIpc) is 2.88. The molecule has 2 N–H and O–H groups in total. The van der Waals surface area contributed by atoms with E-state index in [4.69, 9.17) is 0 Å². The van der Waals surface area contributed by atoms with Crippen molar-refractivity contribution in [2.75, 3.05) is 23.7 Å². The smallest absolute Gasteiger partial charge is 0.134 e. The van der Waals surface area contributed by atoms with Crippen LogP contribution in [0.3, 0.4) is 0 Å². The van der Waals surface area contributed by atoms with Gasteiger partial charge in [-0.25, -0.2) is 9.97 Å². The molecule has 0 saturated heterocycles. The Balaban J connectivity index is 2.08. The van der Waals surface area contributed by atoms with Crippen LogP contribution >= 0.6 is 0 Å². The molecule has 0 saturated carbocycles. The van der Waals surface area contributed by atoms with Gasteiger partial charge in [-0.15, -0.1) is 10.2 Å². The number of hydrogen-bond acceptors (Lipinski definition) is 6. The highest BCUT2D eigenvalue weighted by Crippen LogP contribution is 2.20. The molecule has 0 unspecified atom stereocenters. The molecule has 0 aliphatic carbocycles. The summed E-state index contributed by atoms with van der Waals surface area (Å²) in [5.41, 5.74) is 1.05. The maximum Gasteiger partial charge on any atom is 0.134 e. The van der Waals surface area contributed by atoms with Gasteiger partial charge in [0.05, 0.1) is 0 Å². The van der Waals surface area contributed by atoms with Crippen molar-refractivity contribution in [2.45, 2.75) is 33.6 Å². The highest BCUT2D eigenvalue weighted by atomic mass is 15.2. The standard InChI is InChI=1S/C14H23N7/c1-5-11-18-13(15-6-2)10(3)14(19-11)16-8-7-12-20-17-9-21(12)4/h9H,5-8H2,1-4H3,(H2,15,16,18,19). The van der Waals surface area contributed by atoms with Crippen molar-refractivity contribution in [3.05, 3.63) is 23.5 Å². The summed E-state index contributed by atoms with van der Waals surface area (Å²) in [6.45, 7) is 7.76. The quantitative estimate of drug-likeness (QED) is 0.805. The minimum absolute atomic E-state index is 0.763. The van der Waals surface area contributed by atoms with Crippen LogP contribution in [-0.4, -0.2) is 37.8 Å². The zero-order valence-corrected chi connectivity index (χ0v) is 13.1. The van der Waals surface area contributed by atoms with Gasteiger partial charge in [-0.05, 0) is 13.8 Å². The fourth-order valence-corrected chi connectivity index (χ4v) is 2.06. The van der Waals surface area contributed by atoms with Gasteiger partial charge >= 0.3 is 0 Å². The molecule has 0 spiro atoms. The van der Waals surface area contributed by atoms with Gasteiger partial charge in [0.15, 0.2) is 0 Å². The third-order valence-corrected chi connectivity index (χ3v) is 3.30. The molecule has 0 radical (unpaired) electrons. The molecule has 2 aromatic heterocycles. The molecule has 7 nitrogen and oxygen atoms in total. The summed E-state index contributed by atoms with van der Waals surface area (Å²) in [5.74, 6) is 3.60. The summed E-state index contributed by atoms with van der Waals surface area (Å²) >= 11 is 0. The first-order valence-corrected chi connectivity index (χ1v) is 7.33. The largest absolute Gasteiger partial charge is 0.370 e. The molecule has 0 aliphatic rings. The van der Waals surface area contributed by atoms with Crippen LogP contribution in [0, 0.1) is 6.92 Å². The third-order valence-electron chi connectivity index (χ3n) is 3.30. The van der Waals surface area contributed by atoms with E-state index in [-0.39, 0.29) is 0 Å². The summed E-state index contributed by atoms with van der Waals surface area (Å²) in [4.78, 5) is 9.09. The SMILES string of the molecule is CCNc1nc(CC)nc(NCCc2nncn2C)c1C. The van der Waals surface area contributed by atoms with Crippen molar-refractivity contribution in [1.82, 2.24) is 24.7 Å². The van der Waals surface area contributed by atoms with Gasteiger partial charge in [-0.3, -0.25) is 0 Å².